The Morgan fingerprint density at radius 2 is 2.38 bits per heavy atom. The first-order valence-electron chi connectivity index (χ1n) is 7.06. The van der Waals surface area contributed by atoms with E-state index in [9.17, 15) is 13.2 Å². The molecule has 2 heterocycles. The van der Waals surface area contributed by atoms with Gasteiger partial charge in [0.15, 0.2) is 0 Å². The van der Waals surface area contributed by atoms with Crippen molar-refractivity contribution >= 4 is 16.2 Å². The van der Waals surface area contributed by atoms with E-state index in [-0.39, 0.29) is 25.0 Å². The minimum atomic E-state index is -3.58. The van der Waals surface area contributed by atoms with Crippen LogP contribution in [0.1, 0.15) is 25.3 Å². The van der Waals surface area contributed by atoms with Crippen LogP contribution < -0.4 is 4.72 Å². The number of piperidine rings is 1. The fourth-order valence-electron chi connectivity index (χ4n) is 2.35. The van der Waals surface area contributed by atoms with Crippen LogP contribution in [-0.2, 0) is 26.3 Å². The third kappa shape index (κ3) is 4.29. The maximum atomic E-state index is 12.3. The molecule has 0 amide bonds. The number of rotatable bonds is 6. The number of ether oxygens (including phenoxy) is 1. The quantitative estimate of drug-likeness (QED) is 0.753. The van der Waals surface area contributed by atoms with Crippen molar-refractivity contribution in [3.8, 4) is 0 Å². The maximum absolute atomic E-state index is 12.3. The summed E-state index contributed by atoms with van der Waals surface area (Å²) in [6.45, 7) is 2.90. The summed E-state index contributed by atoms with van der Waals surface area (Å²) in [5.41, 5.74) is 0.859. The fourth-order valence-corrected chi connectivity index (χ4v) is 3.62. The molecule has 7 nitrogen and oxygen atoms in total. The van der Waals surface area contributed by atoms with Gasteiger partial charge >= 0.3 is 5.97 Å². The first kappa shape index (κ1) is 16.0. The summed E-state index contributed by atoms with van der Waals surface area (Å²) >= 11 is 0. The number of nitrogens with zero attached hydrogens (tertiary/aromatic N) is 1. The zero-order chi connectivity index (χ0) is 15.3. The Kier molecular flexibility index (Phi) is 5.38. The second-order valence-electron chi connectivity index (χ2n) is 4.99. The highest BCUT2D eigenvalue weighted by molar-refractivity contribution is 7.87. The number of nitrogens with one attached hydrogen (secondary N) is 2. The minimum absolute atomic E-state index is 0.182. The van der Waals surface area contributed by atoms with E-state index in [1.165, 1.54) is 4.31 Å². The molecule has 1 aromatic heterocycles. The highest BCUT2D eigenvalue weighted by Crippen LogP contribution is 2.20. The molecule has 1 unspecified atom stereocenters. The van der Waals surface area contributed by atoms with Crippen LogP contribution in [-0.4, -0.2) is 43.4 Å². The van der Waals surface area contributed by atoms with Crippen LogP contribution in [0.4, 0.5) is 0 Å². The molecule has 1 aromatic rings. The van der Waals surface area contributed by atoms with Crippen molar-refractivity contribution in [3.63, 3.8) is 0 Å². The van der Waals surface area contributed by atoms with Gasteiger partial charge in [-0.1, -0.05) is 0 Å². The molecular formula is C13H21N3O4S. The lowest BCUT2D eigenvalue weighted by molar-refractivity contribution is -0.149. The summed E-state index contributed by atoms with van der Waals surface area (Å²) in [6.07, 6.45) is 4.80. The Morgan fingerprint density at radius 3 is 3.05 bits per heavy atom. The SMILES string of the molecule is CCOC(=O)C1CCCN(S(=O)(=O)NCc2cc[nH]c2)C1. The van der Waals surface area contributed by atoms with E-state index in [0.29, 0.717) is 26.0 Å². The lowest BCUT2D eigenvalue weighted by Gasteiger charge is -2.30. The summed E-state index contributed by atoms with van der Waals surface area (Å²) in [6, 6.07) is 1.81. The molecule has 118 valence electrons. The van der Waals surface area contributed by atoms with Crippen molar-refractivity contribution < 1.29 is 17.9 Å². The molecule has 2 rings (SSSR count). The normalized spacial score (nSPS) is 20.3. The third-order valence-electron chi connectivity index (χ3n) is 3.47. The highest BCUT2D eigenvalue weighted by Gasteiger charge is 2.32. The van der Waals surface area contributed by atoms with Gasteiger partial charge in [-0.2, -0.15) is 17.4 Å². The first-order chi connectivity index (χ1) is 10.0. The minimum Gasteiger partial charge on any atom is -0.466 e. The van der Waals surface area contributed by atoms with Crippen molar-refractivity contribution in [2.45, 2.75) is 26.3 Å². The van der Waals surface area contributed by atoms with Gasteiger partial charge in [-0.3, -0.25) is 4.79 Å². The van der Waals surface area contributed by atoms with Crippen LogP contribution >= 0.6 is 0 Å². The van der Waals surface area contributed by atoms with Crippen molar-refractivity contribution in [3.05, 3.63) is 24.0 Å². The largest absolute Gasteiger partial charge is 0.466 e. The van der Waals surface area contributed by atoms with Gasteiger partial charge in [0.05, 0.1) is 12.5 Å². The van der Waals surface area contributed by atoms with Gasteiger partial charge < -0.3 is 9.72 Å². The van der Waals surface area contributed by atoms with Gasteiger partial charge in [-0.25, -0.2) is 0 Å². The van der Waals surface area contributed by atoms with Crippen LogP contribution in [0.3, 0.4) is 0 Å². The number of carbonyl (C=O) groups excluding carboxylic acids is 1. The zero-order valence-corrected chi connectivity index (χ0v) is 12.9. The molecule has 1 fully saturated rings. The summed E-state index contributed by atoms with van der Waals surface area (Å²) in [5.74, 6) is -0.689. The summed E-state index contributed by atoms with van der Waals surface area (Å²) in [7, 11) is -3.58. The van der Waals surface area contributed by atoms with Crippen LogP contribution in [0.25, 0.3) is 0 Å². The Hall–Kier alpha value is -1.38. The van der Waals surface area contributed by atoms with E-state index in [0.717, 1.165) is 5.56 Å². The second kappa shape index (κ2) is 7.06. The average Bonchev–Trinajstić information content (AvgIpc) is 2.99. The molecule has 0 radical (unpaired) electrons. The summed E-state index contributed by atoms with van der Waals surface area (Å²) < 4.78 is 33.4. The molecule has 2 N–H and O–H groups in total. The third-order valence-corrected chi connectivity index (χ3v) is 4.99. The Morgan fingerprint density at radius 1 is 1.57 bits per heavy atom. The lowest BCUT2D eigenvalue weighted by atomic mass is 10.0. The molecule has 21 heavy (non-hydrogen) atoms. The zero-order valence-electron chi connectivity index (χ0n) is 12.0. The van der Waals surface area contributed by atoms with E-state index < -0.39 is 10.2 Å². The number of aromatic nitrogens is 1. The average molecular weight is 315 g/mol. The van der Waals surface area contributed by atoms with Crippen LogP contribution in [0.2, 0.25) is 0 Å². The number of hydrogen-bond donors (Lipinski definition) is 2. The van der Waals surface area contributed by atoms with Crippen molar-refractivity contribution in [2.24, 2.45) is 5.92 Å². The predicted octanol–water partition coefficient (Wildman–Crippen LogP) is 0.624. The van der Waals surface area contributed by atoms with Gasteiger partial charge in [0, 0.05) is 32.0 Å². The van der Waals surface area contributed by atoms with Crippen molar-refractivity contribution in [1.82, 2.24) is 14.0 Å². The topological polar surface area (TPSA) is 91.5 Å². The maximum Gasteiger partial charge on any atom is 0.310 e. The molecule has 0 saturated carbocycles. The van der Waals surface area contributed by atoms with Crippen molar-refractivity contribution in [1.29, 1.82) is 0 Å². The smallest absolute Gasteiger partial charge is 0.310 e. The molecule has 0 aliphatic carbocycles. The molecule has 1 saturated heterocycles. The first-order valence-corrected chi connectivity index (χ1v) is 8.50. The van der Waals surface area contributed by atoms with Gasteiger partial charge in [-0.15, -0.1) is 0 Å². The molecule has 0 aromatic carbocycles. The molecule has 1 aliphatic rings. The molecule has 0 spiro atoms. The van der Waals surface area contributed by atoms with Gasteiger partial charge in [0.2, 0.25) is 0 Å². The number of hydrogen-bond acceptors (Lipinski definition) is 4. The Labute approximate surface area is 124 Å². The number of esters is 1. The Balaban J connectivity index is 1.94. The monoisotopic (exact) mass is 315 g/mol. The second-order valence-corrected chi connectivity index (χ2v) is 6.75. The fraction of sp³-hybridized carbons (Fsp3) is 0.615. The number of H-pyrrole nitrogens is 1. The van der Waals surface area contributed by atoms with E-state index in [1.54, 1.807) is 25.4 Å². The molecular weight excluding hydrogens is 294 g/mol. The van der Waals surface area contributed by atoms with E-state index >= 15 is 0 Å². The molecule has 1 atom stereocenters. The summed E-state index contributed by atoms with van der Waals surface area (Å²) in [4.78, 5) is 14.6. The van der Waals surface area contributed by atoms with E-state index in [1.807, 2.05) is 0 Å². The van der Waals surface area contributed by atoms with E-state index in [4.69, 9.17) is 4.74 Å². The molecule has 0 bridgehead atoms. The summed E-state index contributed by atoms with van der Waals surface area (Å²) in [5, 5.41) is 0. The van der Waals surface area contributed by atoms with Crippen LogP contribution in [0.5, 0.6) is 0 Å². The van der Waals surface area contributed by atoms with Crippen LogP contribution in [0.15, 0.2) is 18.5 Å². The van der Waals surface area contributed by atoms with Gasteiger partial charge in [-0.05, 0) is 31.4 Å². The lowest BCUT2D eigenvalue weighted by Crippen LogP contribution is -2.47. The van der Waals surface area contributed by atoms with Crippen molar-refractivity contribution in [2.75, 3.05) is 19.7 Å². The highest BCUT2D eigenvalue weighted by atomic mass is 32.2. The standard InChI is InChI=1S/C13H21N3O4S/c1-2-20-13(17)12-4-3-7-16(10-12)21(18,19)15-9-11-5-6-14-8-11/h5-6,8,12,14-15H,2-4,7,9-10H2,1H3. The Bertz CT molecular complexity index is 556. The van der Waals surface area contributed by atoms with Crippen LogP contribution in [0, 0.1) is 5.92 Å². The number of aromatic amines is 1. The van der Waals surface area contributed by atoms with E-state index in [2.05, 4.69) is 9.71 Å². The predicted molar refractivity (Wildman–Crippen MR) is 77.5 cm³/mol. The number of carbonyl (C=O) groups is 1. The van der Waals surface area contributed by atoms with Gasteiger partial charge in [0.25, 0.3) is 10.2 Å². The molecule has 8 heteroatoms. The van der Waals surface area contributed by atoms with Gasteiger partial charge in [0.1, 0.15) is 0 Å². The molecule has 1 aliphatic heterocycles.